The Bertz CT molecular complexity index is 1200. The normalized spacial score (nSPS) is 21.9. The van der Waals surface area contributed by atoms with Crippen molar-refractivity contribution < 1.29 is 32.2 Å². The lowest BCUT2D eigenvalue weighted by molar-refractivity contribution is -0.167. The Kier molecular flexibility index (Phi) is 8.34. The number of hydrogen-bond donors (Lipinski definition) is 2. The summed E-state index contributed by atoms with van der Waals surface area (Å²) < 4.78 is 51.1. The van der Waals surface area contributed by atoms with Crippen LogP contribution in [0.5, 0.6) is 11.5 Å². The number of benzene rings is 2. The smallest absolute Gasteiger partial charge is 0.404 e. The first-order chi connectivity index (χ1) is 17.6. The second-order valence-corrected chi connectivity index (χ2v) is 10.4. The number of methoxy groups -OCH3 is 2. The summed E-state index contributed by atoms with van der Waals surface area (Å²) in [6.45, 7) is 0. The summed E-state index contributed by atoms with van der Waals surface area (Å²) in [6.07, 6.45) is -4.86. The van der Waals surface area contributed by atoms with Gasteiger partial charge in [-0.05, 0) is 35.4 Å². The highest BCUT2D eigenvalue weighted by molar-refractivity contribution is 9.10. The van der Waals surface area contributed by atoms with Gasteiger partial charge in [0.15, 0.2) is 11.5 Å². The molecule has 3 unspecified atom stereocenters. The van der Waals surface area contributed by atoms with E-state index in [1.54, 1.807) is 12.1 Å². The Morgan fingerprint density at radius 2 is 1.84 bits per heavy atom. The quantitative estimate of drug-likeness (QED) is 0.495. The summed E-state index contributed by atoms with van der Waals surface area (Å²) in [5, 5.41) is 10.7. The number of carbonyl (C=O) groups is 2. The van der Waals surface area contributed by atoms with Crippen LogP contribution in [0.2, 0.25) is 0 Å². The third kappa shape index (κ3) is 6.39. The zero-order chi connectivity index (χ0) is 26.7. The first kappa shape index (κ1) is 27.3. The van der Waals surface area contributed by atoms with Crippen molar-refractivity contribution >= 4 is 45.2 Å². The van der Waals surface area contributed by atoms with Crippen LogP contribution in [0, 0.1) is 0 Å². The lowest BCUT2D eigenvalue weighted by Crippen LogP contribution is -2.59. The minimum atomic E-state index is -4.57. The van der Waals surface area contributed by atoms with Crippen LogP contribution >= 0.6 is 27.7 Å². The van der Waals surface area contributed by atoms with Gasteiger partial charge in [0, 0.05) is 10.9 Å². The van der Waals surface area contributed by atoms with Gasteiger partial charge in [-0.2, -0.15) is 18.3 Å². The fourth-order valence-electron chi connectivity index (χ4n) is 4.07. The average Bonchev–Trinajstić information content (AvgIpc) is 3.32. The molecule has 2 heterocycles. The molecule has 0 aliphatic carbocycles. The van der Waals surface area contributed by atoms with Gasteiger partial charge in [-0.25, -0.2) is 5.01 Å². The molecular formula is C24H24BrF3N4O4S. The molecule has 2 N–H and O–H groups in total. The third-order valence-corrected chi connectivity index (χ3v) is 7.47. The Morgan fingerprint density at radius 3 is 2.49 bits per heavy atom. The van der Waals surface area contributed by atoms with Crippen LogP contribution in [0.3, 0.4) is 0 Å². The molecule has 1 fully saturated rings. The largest absolute Gasteiger partial charge is 0.493 e. The van der Waals surface area contributed by atoms with Crippen molar-refractivity contribution in [2.24, 2.45) is 5.10 Å². The van der Waals surface area contributed by atoms with Crippen molar-refractivity contribution in [1.29, 1.82) is 0 Å². The van der Waals surface area contributed by atoms with Crippen molar-refractivity contribution in [3.05, 3.63) is 58.1 Å². The topological polar surface area (TPSA) is 92.3 Å². The van der Waals surface area contributed by atoms with Crippen molar-refractivity contribution in [1.82, 2.24) is 15.6 Å². The van der Waals surface area contributed by atoms with Gasteiger partial charge in [-0.1, -0.05) is 34.1 Å². The van der Waals surface area contributed by atoms with Gasteiger partial charge < -0.3 is 14.8 Å². The van der Waals surface area contributed by atoms with Crippen LogP contribution in [0.25, 0.3) is 0 Å². The lowest BCUT2D eigenvalue weighted by atomic mass is 9.98. The van der Waals surface area contributed by atoms with Crippen molar-refractivity contribution in [3.8, 4) is 11.5 Å². The minimum absolute atomic E-state index is 0.205. The molecule has 1 saturated heterocycles. The Hall–Kier alpha value is -2.77. The molecule has 8 nitrogen and oxygen atoms in total. The number of carbonyl (C=O) groups excluding carboxylic acids is 2. The van der Waals surface area contributed by atoms with Crippen LogP contribution < -0.4 is 20.1 Å². The molecule has 2 aromatic rings. The fraction of sp³-hybridized carbons (Fsp3) is 0.375. The molecule has 198 valence electrons. The molecule has 0 spiro atoms. The van der Waals surface area contributed by atoms with E-state index in [-0.39, 0.29) is 5.75 Å². The second kappa shape index (κ2) is 11.3. The van der Waals surface area contributed by atoms with Crippen LogP contribution in [-0.2, 0) is 9.59 Å². The maximum absolute atomic E-state index is 13.3. The van der Waals surface area contributed by atoms with E-state index in [2.05, 4.69) is 31.7 Å². The molecule has 3 atom stereocenters. The SMILES string of the molecule is COc1ccc(C2CC(c3ccc(Br)cc3)=NN2C(=O)CSC2NC(=O)CC(C(F)(F)F)N2)cc1OC. The predicted molar refractivity (Wildman–Crippen MR) is 136 cm³/mol. The third-order valence-electron chi connectivity index (χ3n) is 5.94. The number of hydrogen-bond acceptors (Lipinski definition) is 7. The van der Waals surface area contributed by atoms with Crippen molar-refractivity contribution in [2.75, 3.05) is 20.0 Å². The van der Waals surface area contributed by atoms with Gasteiger partial charge in [-0.3, -0.25) is 14.9 Å². The van der Waals surface area contributed by atoms with E-state index in [1.807, 2.05) is 30.3 Å². The first-order valence-electron chi connectivity index (χ1n) is 11.2. The van der Waals surface area contributed by atoms with Crippen LogP contribution in [0.4, 0.5) is 13.2 Å². The molecular weight excluding hydrogens is 577 g/mol. The lowest BCUT2D eigenvalue weighted by Gasteiger charge is -2.32. The number of alkyl halides is 3. The van der Waals surface area contributed by atoms with E-state index in [0.29, 0.717) is 23.6 Å². The molecule has 2 aliphatic heterocycles. The molecule has 0 saturated carbocycles. The number of rotatable bonds is 7. The molecule has 0 aromatic heterocycles. The van der Waals surface area contributed by atoms with E-state index in [9.17, 15) is 22.8 Å². The van der Waals surface area contributed by atoms with Crippen LogP contribution in [0.1, 0.15) is 30.0 Å². The van der Waals surface area contributed by atoms with Crippen molar-refractivity contribution in [3.63, 3.8) is 0 Å². The van der Waals surface area contributed by atoms with E-state index >= 15 is 0 Å². The highest BCUT2D eigenvalue weighted by Crippen LogP contribution is 2.38. The van der Waals surface area contributed by atoms with Crippen LogP contribution in [-0.4, -0.2) is 60.2 Å². The summed E-state index contributed by atoms with van der Waals surface area (Å²) in [5.74, 6) is -0.326. The Labute approximate surface area is 224 Å². The van der Waals surface area contributed by atoms with E-state index < -0.39 is 42.0 Å². The maximum atomic E-state index is 13.3. The first-order valence-corrected chi connectivity index (χ1v) is 13.0. The minimum Gasteiger partial charge on any atom is -0.493 e. The monoisotopic (exact) mass is 600 g/mol. The van der Waals surface area contributed by atoms with Gasteiger partial charge in [-0.15, -0.1) is 11.8 Å². The number of amides is 2. The zero-order valence-corrected chi connectivity index (χ0v) is 22.2. The highest BCUT2D eigenvalue weighted by Gasteiger charge is 2.45. The van der Waals surface area contributed by atoms with E-state index in [4.69, 9.17) is 9.47 Å². The average molecular weight is 601 g/mol. The molecule has 2 aliphatic rings. The Morgan fingerprint density at radius 1 is 1.14 bits per heavy atom. The number of hydrazone groups is 1. The predicted octanol–water partition coefficient (Wildman–Crippen LogP) is 4.20. The van der Waals surface area contributed by atoms with Gasteiger partial charge in [0.2, 0.25) is 5.91 Å². The summed E-state index contributed by atoms with van der Waals surface area (Å²) >= 11 is 4.28. The van der Waals surface area contributed by atoms with Gasteiger partial charge >= 0.3 is 6.18 Å². The standard InChI is InChI=1S/C24H24BrF3N4O4S/c1-35-18-8-5-14(9-19(18)36-2)17-10-16(13-3-6-15(25)7-4-13)31-32(17)22(34)12-37-23-29-20(24(26,27)28)11-21(33)30-23/h3-9,17,20,23,29H,10-12H2,1-2H3,(H,30,33). The fourth-order valence-corrected chi connectivity index (χ4v) is 5.25. The summed E-state index contributed by atoms with van der Waals surface area (Å²) in [5.41, 5.74) is 1.22. The number of halogens is 4. The Balaban J connectivity index is 1.55. The number of nitrogens with zero attached hydrogens (tertiary/aromatic N) is 2. The van der Waals surface area contributed by atoms with Gasteiger partial charge in [0.05, 0.1) is 38.1 Å². The number of nitrogens with one attached hydrogen (secondary N) is 2. The summed E-state index contributed by atoms with van der Waals surface area (Å²) in [7, 11) is 3.04. The molecule has 37 heavy (non-hydrogen) atoms. The van der Waals surface area contributed by atoms with Gasteiger partial charge in [0.1, 0.15) is 11.5 Å². The molecule has 2 amide bonds. The molecule has 13 heteroatoms. The van der Waals surface area contributed by atoms with E-state index in [0.717, 1.165) is 27.4 Å². The summed E-state index contributed by atoms with van der Waals surface area (Å²) in [6, 6.07) is 10.4. The maximum Gasteiger partial charge on any atom is 0.404 e. The molecule has 2 aromatic carbocycles. The summed E-state index contributed by atoms with van der Waals surface area (Å²) in [4.78, 5) is 25.1. The van der Waals surface area contributed by atoms with Crippen LogP contribution in [0.15, 0.2) is 52.0 Å². The number of thioether (sulfide) groups is 1. The van der Waals surface area contributed by atoms with E-state index in [1.165, 1.54) is 19.2 Å². The number of ether oxygens (including phenoxy) is 2. The highest BCUT2D eigenvalue weighted by atomic mass is 79.9. The molecule has 0 bridgehead atoms. The van der Waals surface area contributed by atoms with Crippen molar-refractivity contribution in [2.45, 2.75) is 36.6 Å². The molecule has 0 radical (unpaired) electrons. The molecule has 4 rings (SSSR count). The van der Waals surface area contributed by atoms with Gasteiger partial charge in [0.25, 0.3) is 5.91 Å². The second-order valence-electron chi connectivity index (χ2n) is 8.35. The zero-order valence-electron chi connectivity index (χ0n) is 19.8.